The molecule has 0 fully saturated rings. The van der Waals surface area contributed by atoms with Crippen molar-refractivity contribution in [1.82, 2.24) is 14.9 Å². The van der Waals surface area contributed by atoms with Crippen molar-refractivity contribution in [3.8, 4) is 0 Å². The van der Waals surface area contributed by atoms with E-state index in [-0.39, 0.29) is 17.2 Å². The molecular formula is C22H25N3O2S. The van der Waals surface area contributed by atoms with Crippen LogP contribution in [-0.4, -0.2) is 27.8 Å². The summed E-state index contributed by atoms with van der Waals surface area (Å²) in [6.45, 7) is 3.30. The molecule has 28 heavy (non-hydrogen) atoms. The van der Waals surface area contributed by atoms with Gasteiger partial charge in [0.2, 0.25) is 5.91 Å². The number of aromatic nitrogens is 2. The van der Waals surface area contributed by atoms with E-state index in [4.69, 9.17) is 0 Å². The lowest BCUT2D eigenvalue weighted by Crippen LogP contribution is -2.28. The second-order valence-electron chi connectivity index (χ2n) is 6.60. The summed E-state index contributed by atoms with van der Waals surface area (Å²) in [7, 11) is 0. The third-order valence-electron chi connectivity index (χ3n) is 4.47. The summed E-state index contributed by atoms with van der Waals surface area (Å²) in [5, 5.41) is 4.17. The minimum atomic E-state index is -0.0506. The second kappa shape index (κ2) is 10.1. The van der Waals surface area contributed by atoms with Crippen LogP contribution in [-0.2, 0) is 17.8 Å². The predicted octanol–water partition coefficient (Wildman–Crippen LogP) is 3.65. The highest BCUT2D eigenvalue weighted by molar-refractivity contribution is 7.99. The Kier molecular flexibility index (Phi) is 7.25. The van der Waals surface area contributed by atoms with Crippen LogP contribution in [0, 0.1) is 0 Å². The summed E-state index contributed by atoms with van der Waals surface area (Å²) < 4.78 is 1.70. The summed E-state index contributed by atoms with van der Waals surface area (Å²) >= 11 is 1.32. The Morgan fingerprint density at radius 2 is 1.86 bits per heavy atom. The molecule has 146 valence electrons. The largest absolute Gasteiger partial charge is 0.355 e. The van der Waals surface area contributed by atoms with Crippen LogP contribution in [0.1, 0.15) is 25.3 Å². The molecule has 0 saturated carbocycles. The molecule has 0 aliphatic heterocycles. The maximum atomic E-state index is 12.8. The predicted molar refractivity (Wildman–Crippen MR) is 115 cm³/mol. The highest BCUT2D eigenvalue weighted by Gasteiger charge is 2.12. The van der Waals surface area contributed by atoms with Gasteiger partial charge in [-0.25, -0.2) is 4.98 Å². The van der Waals surface area contributed by atoms with Gasteiger partial charge >= 0.3 is 0 Å². The number of unbranched alkanes of at least 4 members (excludes halogenated alkanes) is 1. The van der Waals surface area contributed by atoms with Gasteiger partial charge in [0, 0.05) is 13.1 Å². The van der Waals surface area contributed by atoms with Crippen LogP contribution in [0.25, 0.3) is 10.9 Å². The number of para-hydroxylation sites is 1. The normalized spacial score (nSPS) is 10.9. The zero-order valence-electron chi connectivity index (χ0n) is 16.1. The second-order valence-corrected chi connectivity index (χ2v) is 7.54. The van der Waals surface area contributed by atoms with Crippen LogP contribution in [0.5, 0.6) is 0 Å². The van der Waals surface area contributed by atoms with Gasteiger partial charge in [0.1, 0.15) is 0 Å². The number of hydrogen-bond donors (Lipinski definition) is 1. The topological polar surface area (TPSA) is 64.0 Å². The molecule has 0 bridgehead atoms. The van der Waals surface area contributed by atoms with Crippen molar-refractivity contribution in [3.05, 3.63) is 70.5 Å². The molecule has 2 aromatic carbocycles. The Morgan fingerprint density at radius 3 is 2.64 bits per heavy atom. The van der Waals surface area contributed by atoms with Crippen molar-refractivity contribution < 1.29 is 4.79 Å². The molecule has 0 atom stereocenters. The summed E-state index contributed by atoms with van der Waals surface area (Å²) in [6, 6.07) is 17.4. The van der Waals surface area contributed by atoms with Crippen LogP contribution in [0.4, 0.5) is 0 Å². The monoisotopic (exact) mass is 395 g/mol. The first-order valence-corrected chi connectivity index (χ1v) is 10.6. The third kappa shape index (κ3) is 5.23. The fourth-order valence-corrected chi connectivity index (χ4v) is 3.80. The van der Waals surface area contributed by atoms with Gasteiger partial charge in [-0.2, -0.15) is 0 Å². The van der Waals surface area contributed by atoms with Crippen LogP contribution in [0.2, 0.25) is 0 Å². The summed E-state index contributed by atoms with van der Waals surface area (Å²) in [5.74, 6) is 0.191. The van der Waals surface area contributed by atoms with Crippen LogP contribution in [0.3, 0.4) is 0 Å². The third-order valence-corrected chi connectivity index (χ3v) is 5.45. The fourth-order valence-electron chi connectivity index (χ4n) is 2.94. The van der Waals surface area contributed by atoms with Crippen LogP contribution < -0.4 is 10.9 Å². The summed E-state index contributed by atoms with van der Waals surface area (Å²) in [5.41, 5.74) is 1.83. The van der Waals surface area contributed by atoms with Crippen molar-refractivity contribution in [3.63, 3.8) is 0 Å². The van der Waals surface area contributed by atoms with E-state index in [0.29, 0.717) is 29.1 Å². The van der Waals surface area contributed by atoms with Crippen molar-refractivity contribution in [2.45, 2.75) is 37.9 Å². The molecule has 0 aliphatic rings. The zero-order valence-corrected chi connectivity index (χ0v) is 16.9. The SMILES string of the molecule is CCCCn1c(SCC(=O)NCCc2ccccc2)nc2ccccc2c1=O. The van der Waals surface area contributed by atoms with Crippen molar-refractivity contribution in [2.24, 2.45) is 0 Å². The number of carbonyl (C=O) groups is 1. The molecule has 0 spiro atoms. The van der Waals surface area contributed by atoms with Gasteiger partial charge in [0.15, 0.2) is 5.16 Å². The van der Waals surface area contributed by atoms with Gasteiger partial charge in [0.05, 0.1) is 16.7 Å². The molecule has 0 radical (unpaired) electrons. The number of benzene rings is 2. The molecule has 3 aromatic rings. The Morgan fingerprint density at radius 1 is 1.11 bits per heavy atom. The van der Waals surface area contributed by atoms with Gasteiger partial charge in [0.25, 0.3) is 5.56 Å². The Hall–Kier alpha value is -2.60. The first-order chi connectivity index (χ1) is 13.7. The van der Waals surface area contributed by atoms with Gasteiger partial charge in [-0.15, -0.1) is 0 Å². The number of rotatable bonds is 9. The standard InChI is InChI=1S/C22H25N3O2S/c1-2-3-15-25-21(27)18-11-7-8-12-19(18)24-22(25)28-16-20(26)23-14-13-17-9-5-4-6-10-17/h4-12H,2-3,13-16H2,1H3,(H,23,26). The first kappa shape index (κ1) is 20.1. The number of amides is 1. The molecule has 0 aliphatic carbocycles. The van der Waals surface area contributed by atoms with Crippen LogP contribution in [0.15, 0.2) is 64.5 Å². The molecule has 6 heteroatoms. The number of hydrogen-bond acceptors (Lipinski definition) is 4. The first-order valence-electron chi connectivity index (χ1n) is 9.62. The van der Waals surface area contributed by atoms with E-state index in [0.717, 1.165) is 19.3 Å². The van der Waals surface area contributed by atoms with Gasteiger partial charge in [-0.3, -0.25) is 14.2 Å². The summed E-state index contributed by atoms with van der Waals surface area (Å²) in [6.07, 6.45) is 2.69. The molecule has 3 rings (SSSR count). The highest BCUT2D eigenvalue weighted by atomic mass is 32.2. The maximum Gasteiger partial charge on any atom is 0.262 e. The number of thioether (sulfide) groups is 1. The minimum absolute atomic E-state index is 0.0361. The Balaban J connectivity index is 1.65. The smallest absolute Gasteiger partial charge is 0.262 e. The van der Waals surface area contributed by atoms with E-state index >= 15 is 0 Å². The molecule has 1 amide bonds. The Bertz CT molecular complexity index is 986. The van der Waals surface area contributed by atoms with Gasteiger partial charge < -0.3 is 5.32 Å². The number of fused-ring (bicyclic) bond motifs is 1. The molecule has 0 unspecified atom stereocenters. The number of nitrogens with one attached hydrogen (secondary N) is 1. The molecule has 5 nitrogen and oxygen atoms in total. The van der Waals surface area contributed by atoms with E-state index in [2.05, 4.69) is 17.2 Å². The van der Waals surface area contributed by atoms with E-state index in [9.17, 15) is 9.59 Å². The lowest BCUT2D eigenvalue weighted by molar-refractivity contribution is -0.118. The molecule has 0 saturated heterocycles. The van der Waals surface area contributed by atoms with Crippen molar-refractivity contribution in [1.29, 1.82) is 0 Å². The van der Waals surface area contributed by atoms with E-state index in [1.165, 1.54) is 17.3 Å². The quantitative estimate of drug-likeness (QED) is 0.444. The minimum Gasteiger partial charge on any atom is -0.355 e. The zero-order chi connectivity index (χ0) is 19.8. The molecule has 1 heterocycles. The Labute approximate surface area is 169 Å². The van der Waals surface area contributed by atoms with Crippen molar-refractivity contribution >= 4 is 28.6 Å². The number of nitrogens with zero attached hydrogens (tertiary/aromatic N) is 2. The lowest BCUT2D eigenvalue weighted by Gasteiger charge is -2.12. The van der Waals surface area contributed by atoms with Gasteiger partial charge in [-0.05, 0) is 30.5 Å². The van der Waals surface area contributed by atoms with E-state index in [1.807, 2.05) is 48.5 Å². The lowest BCUT2D eigenvalue weighted by atomic mass is 10.1. The van der Waals surface area contributed by atoms with Crippen molar-refractivity contribution in [2.75, 3.05) is 12.3 Å². The molecule has 1 N–H and O–H groups in total. The number of carbonyl (C=O) groups excluding carboxylic acids is 1. The average molecular weight is 396 g/mol. The molecule has 1 aromatic heterocycles. The van der Waals surface area contributed by atoms with Gasteiger partial charge in [-0.1, -0.05) is 67.6 Å². The van der Waals surface area contributed by atoms with E-state index < -0.39 is 0 Å². The maximum absolute atomic E-state index is 12.8. The van der Waals surface area contributed by atoms with E-state index in [1.54, 1.807) is 10.6 Å². The molecular weight excluding hydrogens is 370 g/mol. The average Bonchev–Trinajstić information content (AvgIpc) is 2.72. The highest BCUT2D eigenvalue weighted by Crippen LogP contribution is 2.18. The van der Waals surface area contributed by atoms with Crippen LogP contribution >= 0.6 is 11.8 Å². The fraction of sp³-hybridized carbons (Fsp3) is 0.318. The summed E-state index contributed by atoms with van der Waals surface area (Å²) in [4.78, 5) is 29.7.